The molecule has 23 heavy (non-hydrogen) atoms. The average molecular weight is 330 g/mol. The Labute approximate surface area is 138 Å². The van der Waals surface area contributed by atoms with Crippen molar-refractivity contribution in [2.45, 2.75) is 12.1 Å². The summed E-state index contributed by atoms with van der Waals surface area (Å²) in [5.74, 6) is 0.255. The molecule has 4 rings (SSSR count). The number of amides is 1. The number of nitrogens with one attached hydrogen (secondary N) is 1. The number of carbonyl (C=O) groups is 1. The van der Waals surface area contributed by atoms with Crippen LogP contribution in [0.2, 0.25) is 0 Å². The molecule has 120 valence electrons. The molecule has 1 aromatic heterocycles. The van der Waals surface area contributed by atoms with E-state index in [1.54, 1.807) is 16.2 Å². The van der Waals surface area contributed by atoms with Gasteiger partial charge in [0.05, 0.1) is 6.61 Å². The Morgan fingerprint density at radius 1 is 1.35 bits per heavy atom. The molecule has 1 N–H and O–H groups in total. The van der Waals surface area contributed by atoms with Gasteiger partial charge < -0.3 is 14.5 Å². The van der Waals surface area contributed by atoms with Crippen molar-refractivity contribution in [1.82, 2.24) is 10.4 Å². The molecule has 2 aliphatic rings. The summed E-state index contributed by atoms with van der Waals surface area (Å²) in [6, 6.07) is 13.9. The van der Waals surface area contributed by atoms with Crippen LogP contribution in [-0.2, 0) is 21.7 Å². The fourth-order valence-corrected chi connectivity index (χ4v) is 4.25. The van der Waals surface area contributed by atoms with Crippen molar-refractivity contribution in [2.24, 2.45) is 5.92 Å². The van der Waals surface area contributed by atoms with E-state index >= 15 is 0 Å². The molecule has 0 aliphatic carbocycles. The van der Waals surface area contributed by atoms with Crippen LogP contribution in [0.1, 0.15) is 10.4 Å². The van der Waals surface area contributed by atoms with E-state index in [4.69, 9.17) is 9.57 Å². The number of benzene rings is 1. The molecule has 0 saturated carbocycles. The van der Waals surface area contributed by atoms with E-state index in [1.807, 2.05) is 36.4 Å². The number of rotatable bonds is 3. The monoisotopic (exact) mass is 330 g/mol. The lowest BCUT2D eigenvalue weighted by Crippen LogP contribution is -2.43. The number of fused-ring (bicyclic) bond motifs is 1. The molecular weight excluding hydrogens is 312 g/mol. The van der Waals surface area contributed by atoms with Crippen LogP contribution < -0.4 is 5.48 Å². The number of hydrogen-bond acceptors (Lipinski definition) is 5. The highest BCUT2D eigenvalue weighted by Crippen LogP contribution is 2.42. The Hall–Kier alpha value is -1.89. The highest BCUT2D eigenvalue weighted by molar-refractivity contribution is 7.10. The van der Waals surface area contributed by atoms with Gasteiger partial charge in [-0.15, -0.1) is 11.3 Å². The standard InChI is InChI=1S/C17H18N2O3S/c20-16(21-10-13-5-2-1-3-6-13)19-9-14-11-22-18-17(14,12-19)15-7-4-8-23-15/h1-8,14,18H,9-12H2/t14-,17+/m0/s1. The lowest BCUT2D eigenvalue weighted by atomic mass is 9.88. The molecule has 2 atom stereocenters. The number of nitrogens with zero attached hydrogens (tertiary/aromatic N) is 1. The molecule has 2 aliphatic heterocycles. The second-order valence-electron chi connectivity index (χ2n) is 5.98. The third-order valence-electron chi connectivity index (χ3n) is 4.54. The molecule has 1 aromatic carbocycles. The predicted octanol–water partition coefficient (Wildman–Crippen LogP) is 2.75. The summed E-state index contributed by atoms with van der Waals surface area (Å²) >= 11 is 1.69. The minimum absolute atomic E-state index is 0.255. The van der Waals surface area contributed by atoms with Gasteiger partial charge in [0.15, 0.2) is 0 Å². The van der Waals surface area contributed by atoms with Gasteiger partial charge in [0.2, 0.25) is 0 Å². The van der Waals surface area contributed by atoms with Crippen molar-refractivity contribution < 1.29 is 14.4 Å². The summed E-state index contributed by atoms with van der Waals surface area (Å²) in [6.45, 7) is 2.14. The highest BCUT2D eigenvalue weighted by Gasteiger charge is 2.54. The Kier molecular flexibility index (Phi) is 3.80. The largest absolute Gasteiger partial charge is 0.445 e. The molecule has 3 heterocycles. The first-order valence-electron chi connectivity index (χ1n) is 7.66. The Balaban J connectivity index is 1.44. The molecule has 2 saturated heterocycles. The number of hydroxylamine groups is 1. The lowest BCUT2D eigenvalue weighted by molar-refractivity contribution is 0.0434. The van der Waals surface area contributed by atoms with E-state index in [1.165, 1.54) is 4.88 Å². The summed E-state index contributed by atoms with van der Waals surface area (Å²) in [6.07, 6.45) is -0.263. The molecular formula is C17H18N2O3S. The SMILES string of the molecule is O=C(OCc1ccccc1)N1C[C@H]2CON[C@]2(c2cccs2)C1. The number of likely N-dealkylation sites (tertiary alicyclic amines) is 1. The summed E-state index contributed by atoms with van der Waals surface area (Å²) in [7, 11) is 0. The van der Waals surface area contributed by atoms with Gasteiger partial charge in [-0.1, -0.05) is 36.4 Å². The van der Waals surface area contributed by atoms with Crippen molar-refractivity contribution in [2.75, 3.05) is 19.7 Å². The topological polar surface area (TPSA) is 50.8 Å². The minimum atomic E-state index is -0.292. The van der Waals surface area contributed by atoms with Crippen LogP contribution in [0, 0.1) is 5.92 Å². The van der Waals surface area contributed by atoms with E-state index in [9.17, 15) is 4.79 Å². The molecule has 2 fully saturated rings. The normalized spacial score (nSPS) is 26.3. The van der Waals surface area contributed by atoms with Crippen LogP contribution in [0.15, 0.2) is 47.8 Å². The van der Waals surface area contributed by atoms with Crippen LogP contribution in [0.3, 0.4) is 0 Å². The number of ether oxygens (including phenoxy) is 1. The Morgan fingerprint density at radius 3 is 3.00 bits per heavy atom. The van der Waals surface area contributed by atoms with E-state index in [0.29, 0.717) is 26.3 Å². The fourth-order valence-electron chi connectivity index (χ4n) is 3.31. The van der Waals surface area contributed by atoms with Crippen LogP contribution in [-0.4, -0.2) is 30.7 Å². The third-order valence-corrected chi connectivity index (χ3v) is 5.59. The van der Waals surface area contributed by atoms with Crippen LogP contribution >= 0.6 is 11.3 Å². The van der Waals surface area contributed by atoms with Crippen molar-refractivity contribution in [1.29, 1.82) is 0 Å². The summed E-state index contributed by atoms with van der Waals surface area (Å²) in [5, 5.41) is 2.05. The zero-order valence-electron chi connectivity index (χ0n) is 12.6. The van der Waals surface area contributed by atoms with E-state index in [-0.39, 0.29) is 17.6 Å². The molecule has 1 amide bonds. The van der Waals surface area contributed by atoms with Crippen molar-refractivity contribution in [3.05, 3.63) is 58.3 Å². The molecule has 0 unspecified atom stereocenters. The Morgan fingerprint density at radius 2 is 2.22 bits per heavy atom. The molecule has 5 nitrogen and oxygen atoms in total. The van der Waals surface area contributed by atoms with Gasteiger partial charge in [-0.3, -0.25) is 0 Å². The maximum absolute atomic E-state index is 12.4. The molecule has 6 heteroatoms. The highest BCUT2D eigenvalue weighted by atomic mass is 32.1. The predicted molar refractivity (Wildman–Crippen MR) is 86.8 cm³/mol. The maximum Gasteiger partial charge on any atom is 0.410 e. The lowest BCUT2D eigenvalue weighted by Gasteiger charge is -2.26. The van der Waals surface area contributed by atoms with Gasteiger partial charge in [0.1, 0.15) is 12.1 Å². The molecule has 2 aromatic rings. The van der Waals surface area contributed by atoms with Crippen LogP contribution in [0.5, 0.6) is 0 Å². The minimum Gasteiger partial charge on any atom is -0.445 e. The van der Waals surface area contributed by atoms with Gasteiger partial charge in [-0.25, -0.2) is 4.79 Å². The smallest absolute Gasteiger partial charge is 0.410 e. The molecule has 0 spiro atoms. The van der Waals surface area contributed by atoms with E-state index in [0.717, 1.165) is 5.56 Å². The van der Waals surface area contributed by atoms with E-state index < -0.39 is 0 Å². The molecule has 0 bridgehead atoms. The summed E-state index contributed by atoms with van der Waals surface area (Å²) < 4.78 is 5.46. The quantitative estimate of drug-likeness (QED) is 0.940. The van der Waals surface area contributed by atoms with Gasteiger partial charge in [-0.2, -0.15) is 5.48 Å². The second-order valence-corrected chi connectivity index (χ2v) is 6.93. The van der Waals surface area contributed by atoms with Crippen LogP contribution in [0.4, 0.5) is 4.79 Å². The maximum atomic E-state index is 12.4. The first-order chi connectivity index (χ1) is 11.3. The van der Waals surface area contributed by atoms with Gasteiger partial charge in [0, 0.05) is 23.9 Å². The van der Waals surface area contributed by atoms with Crippen molar-refractivity contribution >= 4 is 17.4 Å². The summed E-state index contributed by atoms with van der Waals surface area (Å²) in [4.78, 5) is 20.9. The zero-order valence-corrected chi connectivity index (χ0v) is 13.4. The van der Waals surface area contributed by atoms with Crippen molar-refractivity contribution in [3.8, 4) is 0 Å². The number of carbonyl (C=O) groups excluding carboxylic acids is 1. The zero-order chi connectivity index (χ0) is 15.7. The second kappa shape index (κ2) is 5.96. The van der Waals surface area contributed by atoms with Gasteiger partial charge in [0.25, 0.3) is 0 Å². The van der Waals surface area contributed by atoms with Crippen molar-refractivity contribution in [3.63, 3.8) is 0 Å². The first-order valence-corrected chi connectivity index (χ1v) is 8.54. The first kappa shape index (κ1) is 14.7. The van der Waals surface area contributed by atoms with Gasteiger partial charge in [-0.05, 0) is 17.0 Å². The van der Waals surface area contributed by atoms with Crippen LogP contribution in [0.25, 0.3) is 0 Å². The third kappa shape index (κ3) is 2.63. The average Bonchev–Trinajstić information content (AvgIpc) is 3.28. The molecule has 0 radical (unpaired) electrons. The number of hydrogen-bond donors (Lipinski definition) is 1. The van der Waals surface area contributed by atoms with Gasteiger partial charge >= 0.3 is 6.09 Å². The Bertz CT molecular complexity index is 676. The fraction of sp³-hybridized carbons (Fsp3) is 0.353. The van der Waals surface area contributed by atoms with E-state index in [2.05, 4.69) is 16.9 Å². The number of thiophene rings is 1. The summed E-state index contributed by atoms with van der Waals surface area (Å²) in [5.41, 5.74) is 3.86.